The fourth-order valence-electron chi connectivity index (χ4n) is 1.85. The summed E-state index contributed by atoms with van der Waals surface area (Å²) in [6.45, 7) is 4.80. The summed E-state index contributed by atoms with van der Waals surface area (Å²) in [7, 11) is 5.35. The molecule has 0 fully saturated rings. The highest BCUT2D eigenvalue weighted by Gasteiger charge is 2.16. The van der Waals surface area contributed by atoms with Gasteiger partial charge in [0.1, 0.15) is 5.75 Å². The van der Waals surface area contributed by atoms with Crippen molar-refractivity contribution in [3.8, 4) is 5.75 Å². The van der Waals surface area contributed by atoms with Crippen LogP contribution in [0.2, 0.25) is 0 Å². The second-order valence-corrected chi connectivity index (χ2v) is 3.93. The average molecular weight is 223 g/mol. The van der Waals surface area contributed by atoms with E-state index in [1.807, 2.05) is 7.05 Å². The number of nitrogens with one attached hydrogen (secondary N) is 1. The number of benzene rings is 1. The van der Waals surface area contributed by atoms with E-state index in [1.54, 1.807) is 14.2 Å². The molecule has 16 heavy (non-hydrogen) atoms. The smallest absolute Gasteiger partial charge is 0.126 e. The van der Waals surface area contributed by atoms with Gasteiger partial charge in [0.05, 0.1) is 19.8 Å². The fourth-order valence-corrected chi connectivity index (χ4v) is 1.85. The largest absolute Gasteiger partial charge is 0.496 e. The quantitative estimate of drug-likeness (QED) is 0.830. The number of likely N-dealkylation sites (N-methyl/N-ethyl adjacent to an activating group) is 1. The maximum Gasteiger partial charge on any atom is 0.126 e. The summed E-state index contributed by atoms with van der Waals surface area (Å²) >= 11 is 0. The molecule has 0 aliphatic heterocycles. The molecule has 1 unspecified atom stereocenters. The topological polar surface area (TPSA) is 30.5 Å². The standard InChI is InChI=1S/C13H21NO2/c1-9-6-7-11(12(14-3)8-15-4)13(16-5)10(9)2/h6-7,12,14H,8H2,1-5H3. The molecule has 1 aromatic rings. The Morgan fingerprint density at radius 2 is 1.94 bits per heavy atom. The van der Waals surface area contributed by atoms with Gasteiger partial charge in [-0.15, -0.1) is 0 Å². The van der Waals surface area contributed by atoms with Crippen molar-refractivity contribution < 1.29 is 9.47 Å². The summed E-state index contributed by atoms with van der Waals surface area (Å²) in [5.41, 5.74) is 3.58. The van der Waals surface area contributed by atoms with Crippen molar-refractivity contribution in [2.24, 2.45) is 0 Å². The van der Waals surface area contributed by atoms with Crippen molar-refractivity contribution >= 4 is 0 Å². The lowest BCUT2D eigenvalue weighted by Gasteiger charge is -2.20. The Hall–Kier alpha value is -1.06. The minimum atomic E-state index is 0.166. The van der Waals surface area contributed by atoms with Crippen molar-refractivity contribution in [2.75, 3.05) is 27.9 Å². The molecular weight excluding hydrogens is 202 g/mol. The molecule has 0 saturated carbocycles. The summed E-state index contributed by atoms with van der Waals surface area (Å²) in [5.74, 6) is 0.955. The summed E-state index contributed by atoms with van der Waals surface area (Å²) < 4.78 is 10.7. The van der Waals surface area contributed by atoms with Gasteiger partial charge in [0.15, 0.2) is 0 Å². The van der Waals surface area contributed by atoms with E-state index in [2.05, 4.69) is 31.3 Å². The van der Waals surface area contributed by atoms with Gasteiger partial charge in [0, 0.05) is 12.7 Å². The third kappa shape index (κ3) is 2.54. The van der Waals surface area contributed by atoms with Crippen LogP contribution in [0.1, 0.15) is 22.7 Å². The molecule has 1 N–H and O–H groups in total. The first kappa shape index (κ1) is 13.0. The molecule has 1 atom stereocenters. The molecule has 0 saturated heterocycles. The molecule has 3 nitrogen and oxygen atoms in total. The molecular formula is C13H21NO2. The normalized spacial score (nSPS) is 12.6. The highest BCUT2D eigenvalue weighted by molar-refractivity contribution is 5.46. The second kappa shape index (κ2) is 5.87. The van der Waals surface area contributed by atoms with Crippen LogP contribution < -0.4 is 10.1 Å². The van der Waals surface area contributed by atoms with Crippen molar-refractivity contribution in [1.82, 2.24) is 5.32 Å². The van der Waals surface area contributed by atoms with E-state index in [4.69, 9.17) is 9.47 Å². The SMILES string of the molecule is CNC(COC)c1ccc(C)c(C)c1OC. The van der Waals surface area contributed by atoms with E-state index in [0.717, 1.165) is 11.3 Å². The molecule has 1 rings (SSSR count). The Balaban J connectivity index is 3.16. The number of methoxy groups -OCH3 is 2. The third-order valence-corrected chi connectivity index (χ3v) is 2.97. The Morgan fingerprint density at radius 1 is 1.25 bits per heavy atom. The molecule has 0 amide bonds. The zero-order valence-corrected chi connectivity index (χ0v) is 10.8. The van der Waals surface area contributed by atoms with E-state index in [-0.39, 0.29) is 6.04 Å². The fraction of sp³-hybridized carbons (Fsp3) is 0.538. The van der Waals surface area contributed by atoms with Crippen LogP contribution in [0.4, 0.5) is 0 Å². The maximum atomic E-state index is 5.49. The molecule has 0 radical (unpaired) electrons. The molecule has 0 heterocycles. The summed E-state index contributed by atoms with van der Waals surface area (Å²) in [5, 5.41) is 3.24. The molecule has 0 spiro atoms. The first-order chi connectivity index (χ1) is 7.65. The summed E-state index contributed by atoms with van der Waals surface area (Å²) in [6.07, 6.45) is 0. The lowest BCUT2D eigenvalue weighted by molar-refractivity contribution is 0.169. The van der Waals surface area contributed by atoms with Gasteiger partial charge in [0.2, 0.25) is 0 Å². The van der Waals surface area contributed by atoms with Gasteiger partial charge in [-0.05, 0) is 32.0 Å². The Bertz CT molecular complexity index is 350. The van der Waals surface area contributed by atoms with Gasteiger partial charge in [-0.25, -0.2) is 0 Å². The second-order valence-electron chi connectivity index (χ2n) is 3.93. The third-order valence-electron chi connectivity index (χ3n) is 2.97. The van der Waals surface area contributed by atoms with Gasteiger partial charge in [-0.3, -0.25) is 0 Å². The molecule has 0 aliphatic rings. The van der Waals surface area contributed by atoms with Crippen molar-refractivity contribution in [1.29, 1.82) is 0 Å². The summed E-state index contributed by atoms with van der Waals surface area (Å²) in [6, 6.07) is 4.38. The van der Waals surface area contributed by atoms with Crippen molar-refractivity contribution in [3.63, 3.8) is 0 Å². The van der Waals surface area contributed by atoms with E-state index in [1.165, 1.54) is 11.1 Å². The van der Waals surface area contributed by atoms with Gasteiger partial charge < -0.3 is 14.8 Å². The van der Waals surface area contributed by atoms with Gasteiger partial charge in [-0.2, -0.15) is 0 Å². The Morgan fingerprint density at radius 3 is 2.44 bits per heavy atom. The van der Waals surface area contributed by atoms with Gasteiger partial charge >= 0.3 is 0 Å². The van der Waals surface area contributed by atoms with Crippen LogP contribution in [0.5, 0.6) is 5.75 Å². The van der Waals surface area contributed by atoms with E-state index in [0.29, 0.717) is 6.61 Å². The number of rotatable bonds is 5. The van der Waals surface area contributed by atoms with Crippen LogP contribution >= 0.6 is 0 Å². The van der Waals surface area contributed by atoms with E-state index >= 15 is 0 Å². The van der Waals surface area contributed by atoms with Crippen LogP contribution in [0.15, 0.2) is 12.1 Å². The number of ether oxygens (including phenoxy) is 2. The number of aryl methyl sites for hydroxylation is 1. The van der Waals surface area contributed by atoms with Gasteiger partial charge in [-0.1, -0.05) is 12.1 Å². The predicted molar refractivity (Wildman–Crippen MR) is 66.1 cm³/mol. The zero-order valence-electron chi connectivity index (χ0n) is 10.8. The number of hydrogen-bond donors (Lipinski definition) is 1. The molecule has 0 aromatic heterocycles. The highest BCUT2D eigenvalue weighted by atomic mass is 16.5. The van der Waals surface area contributed by atoms with Crippen LogP contribution in [0, 0.1) is 13.8 Å². The highest BCUT2D eigenvalue weighted by Crippen LogP contribution is 2.30. The Kier molecular flexibility index (Phi) is 4.77. The maximum absolute atomic E-state index is 5.49. The first-order valence-electron chi connectivity index (χ1n) is 5.46. The van der Waals surface area contributed by atoms with Gasteiger partial charge in [0.25, 0.3) is 0 Å². The Labute approximate surface area is 97.8 Å². The molecule has 3 heteroatoms. The lowest BCUT2D eigenvalue weighted by atomic mass is 9.99. The predicted octanol–water partition coefficient (Wildman–Crippen LogP) is 2.22. The van der Waals surface area contributed by atoms with Crippen LogP contribution in [-0.2, 0) is 4.74 Å². The molecule has 90 valence electrons. The van der Waals surface area contributed by atoms with Crippen molar-refractivity contribution in [2.45, 2.75) is 19.9 Å². The van der Waals surface area contributed by atoms with Crippen LogP contribution in [0.3, 0.4) is 0 Å². The monoisotopic (exact) mass is 223 g/mol. The van der Waals surface area contributed by atoms with E-state index in [9.17, 15) is 0 Å². The van der Waals surface area contributed by atoms with Crippen LogP contribution in [0.25, 0.3) is 0 Å². The molecule has 0 aliphatic carbocycles. The minimum Gasteiger partial charge on any atom is -0.496 e. The molecule has 1 aromatic carbocycles. The van der Waals surface area contributed by atoms with Crippen molar-refractivity contribution in [3.05, 3.63) is 28.8 Å². The zero-order chi connectivity index (χ0) is 12.1. The number of hydrogen-bond acceptors (Lipinski definition) is 3. The lowest BCUT2D eigenvalue weighted by Crippen LogP contribution is -2.22. The first-order valence-corrected chi connectivity index (χ1v) is 5.46. The van der Waals surface area contributed by atoms with Crippen LogP contribution in [-0.4, -0.2) is 27.9 Å². The molecule has 0 bridgehead atoms. The average Bonchev–Trinajstić information content (AvgIpc) is 2.29. The summed E-state index contributed by atoms with van der Waals surface area (Å²) in [4.78, 5) is 0. The minimum absolute atomic E-state index is 0.166. The van der Waals surface area contributed by atoms with E-state index < -0.39 is 0 Å².